The molecule has 6 aromatic rings. The molecule has 1 aliphatic carbocycles. The topological polar surface area (TPSA) is 41.5 Å². The molecule has 0 fully saturated rings. The van der Waals surface area contributed by atoms with Crippen LogP contribution in [0.4, 0.5) is 0 Å². The Kier molecular flexibility index (Phi) is 7.66. The maximum absolute atomic E-state index is 15.5. The van der Waals surface area contributed by atoms with E-state index in [0.717, 1.165) is 38.6 Å². The van der Waals surface area contributed by atoms with Crippen LogP contribution >= 0.6 is 7.29 Å². The smallest absolute Gasteiger partial charge is 0.205 e. The van der Waals surface area contributed by atoms with E-state index < -0.39 is 13.3 Å². The molecule has 3 nitrogen and oxygen atoms in total. The lowest BCUT2D eigenvalue weighted by Gasteiger charge is -2.32. The third-order valence-corrected chi connectivity index (χ3v) is 11.1. The number of aliphatic imine (C=N–C) groups is 1. The predicted octanol–water partition coefficient (Wildman–Crippen LogP) is 8.81. The molecule has 0 bridgehead atoms. The van der Waals surface area contributed by atoms with Gasteiger partial charge >= 0.3 is 0 Å². The van der Waals surface area contributed by atoms with Crippen molar-refractivity contribution in [2.75, 3.05) is 0 Å². The van der Waals surface area contributed by atoms with Crippen LogP contribution in [0.5, 0.6) is 0 Å². The van der Waals surface area contributed by atoms with E-state index >= 15 is 4.57 Å². The van der Waals surface area contributed by atoms with Crippen molar-refractivity contribution in [1.29, 1.82) is 0 Å². The number of rotatable bonds is 8. The summed E-state index contributed by atoms with van der Waals surface area (Å²) < 4.78 is 15.5. The van der Waals surface area contributed by atoms with Gasteiger partial charge < -0.3 is 0 Å². The highest BCUT2D eigenvalue weighted by Crippen LogP contribution is 2.47. The molecule has 0 aliphatic heterocycles. The number of hydrogen-bond donors (Lipinski definition) is 1. The minimum absolute atomic E-state index is 0.382. The van der Waals surface area contributed by atoms with E-state index in [4.69, 9.17) is 4.99 Å². The van der Waals surface area contributed by atoms with Crippen molar-refractivity contribution in [2.24, 2.45) is 4.99 Å². The van der Waals surface area contributed by atoms with Gasteiger partial charge in [0.1, 0.15) is 0 Å². The fraction of sp³-hybridized carbons (Fsp3) is 0.0750. The van der Waals surface area contributed by atoms with E-state index in [-0.39, 0.29) is 6.04 Å². The summed E-state index contributed by atoms with van der Waals surface area (Å²) in [5.41, 5.74) is 8.83. The number of hydrogen-bond acceptors (Lipinski definition) is 2. The number of fused-ring (bicyclic) bond motifs is 3. The monoisotopic (exact) mass is 588 g/mol. The van der Waals surface area contributed by atoms with E-state index in [1.165, 1.54) is 16.7 Å². The molecule has 6 aromatic carbocycles. The summed E-state index contributed by atoms with van der Waals surface area (Å²) in [7, 11) is -3.33. The van der Waals surface area contributed by atoms with Gasteiger partial charge in [-0.25, -0.2) is 0 Å². The molecular weight excluding hydrogens is 555 g/mol. The summed E-state index contributed by atoms with van der Waals surface area (Å²) in [5, 5.41) is 5.29. The summed E-state index contributed by atoms with van der Waals surface area (Å²) >= 11 is 0. The van der Waals surface area contributed by atoms with Crippen molar-refractivity contribution in [2.45, 2.75) is 19.0 Å². The van der Waals surface area contributed by atoms with Crippen molar-refractivity contribution in [3.05, 3.63) is 192 Å². The lowest BCUT2D eigenvalue weighted by atomic mass is 9.93. The average Bonchev–Trinajstić information content (AvgIpc) is 3.41. The predicted molar refractivity (Wildman–Crippen MR) is 184 cm³/mol. The highest BCUT2D eigenvalue weighted by molar-refractivity contribution is 7.76. The molecule has 0 saturated carbocycles. The van der Waals surface area contributed by atoms with Crippen LogP contribution in [0.2, 0.25) is 0 Å². The summed E-state index contributed by atoms with van der Waals surface area (Å²) in [6, 6.07) is 54.6. The molecule has 44 heavy (non-hydrogen) atoms. The Morgan fingerprint density at radius 1 is 0.500 bits per heavy atom. The third-order valence-electron chi connectivity index (χ3n) is 8.38. The van der Waals surface area contributed by atoms with Crippen molar-refractivity contribution in [1.82, 2.24) is 5.09 Å². The second-order valence-corrected chi connectivity index (χ2v) is 13.7. The van der Waals surface area contributed by atoms with Crippen molar-refractivity contribution in [3.8, 4) is 11.1 Å². The van der Waals surface area contributed by atoms with Crippen LogP contribution in [0.3, 0.4) is 0 Å². The van der Waals surface area contributed by atoms with Crippen molar-refractivity contribution >= 4 is 23.6 Å². The molecule has 214 valence electrons. The number of nitrogens with zero attached hydrogens (tertiary/aromatic N) is 1. The summed E-state index contributed by atoms with van der Waals surface area (Å²) in [6.45, 7) is 2.10. The number of benzene rings is 6. The molecule has 1 aliphatic rings. The van der Waals surface area contributed by atoms with Crippen LogP contribution in [0.1, 0.15) is 39.9 Å². The van der Waals surface area contributed by atoms with Gasteiger partial charge in [0.25, 0.3) is 0 Å². The lowest BCUT2D eigenvalue weighted by Crippen LogP contribution is -2.33. The fourth-order valence-electron chi connectivity index (χ4n) is 6.14. The Hall–Kier alpha value is -4.82. The van der Waals surface area contributed by atoms with E-state index in [1.807, 2.05) is 78.9 Å². The van der Waals surface area contributed by atoms with Crippen LogP contribution in [-0.2, 0) is 4.57 Å². The first-order valence-corrected chi connectivity index (χ1v) is 16.7. The number of aryl methyl sites for hydroxylation is 1. The zero-order chi connectivity index (χ0) is 29.9. The summed E-state index contributed by atoms with van der Waals surface area (Å²) in [4.78, 5) is 5.64. The Morgan fingerprint density at radius 3 is 1.43 bits per heavy atom. The molecule has 2 atom stereocenters. The Balaban J connectivity index is 1.47. The third kappa shape index (κ3) is 5.26. The second kappa shape index (κ2) is 12.1. The van der Waals surface area contributed by atoms with E-state index in [9.17, 15) is 0 Å². The molecule has 7 rings (SSSR count). The zero-order valence-corrected chi connectivity index (χ0v) is 25.4. The number of nitrogens with one attached hydrogen (secondary N) is 1. The van der Waals surface area contributed by atoms with Crippen LogP contribution in [-0.4, -0.2) is 5.71 Å². The van der Waals surface area contributed by atoms with Gasteiger partial charge in [0, 0.05) is 21.7 Å². The van der Waals surface area contributed by atoms with Gasteiger partial charge in [0.15, 0.2) is 0 Å². The molecule has 0 unspecified atom stereocenters. The van der Waals surface area contributed by atoms with Gasteiger partial charge in [-0.1, -0.05) is 145 Å². The molecule has 0 amide bonds. The first-order valence-electron chi connectivity index (χ1n) is 15.0. The van der Waals surface area contributed by atoms with Gasteiger partial charge in [0.05, 0.1) is 17.8 Å². The maximum atomic E-state index is 15.5. The molecule has 0 saturated heterocycles. The van der Waals surface area contributed by atoms with Gasteiger partial charge in [-0.15, -0.1) is 0 Å². The fourth-order valence-corrected chi connectivity index (χ4v) is 8.60. The van der Waals surface area contributed by atoms with Gasteiger partial charge in [-0.3, -0.25) is 14.6 Å². The van der Waals surface area contributed by atoms with E-state index in [2.05, 4.69) is 96.9 Å². The molecule has 4 heteroatoms. The highest BCUT2D eigenvalue weighted by atomic mass is 31.2. The van der Waals surface area contributed by atoms with E-state index in [1.54, 1.807) is 0 Å². The van der Waals surface area contributed by atoms with Crippen LogP contribution in [0.25, 0.3) is 11.1 Å². The standard InChI is InChI=1S/C40H33N2OP/c1-29-25-27-31(28-26-29)38(41-40-36-23-13-11-21-34(36)35-22-12-14-24-37(35)40)39(30-15-5-2-6-16-30)42-44(43,32-17-7-3-8-18-32)33-19-9-4-10-20-33/h2-28,38-39H,1H3,(H,42,43)/t38-,39-/m1/s1. The molecule has 0 radical (unpaired) electrons. The van der Waals surface area contributed by atoms with Crippen molar-refractivity contribution < 1.29 is 4.57 Å². The molecule has 0 spiro atoms. The molecule has 0 heterocycles. The van der Waals surface area contributed by atoms with Gasteiger partial charge in [0.2, 0.25) is 7.29 Å². The SMILES string of the molecule is Cc1ccc([C@@H](N=C2c3ccccc3-c3ccccc32)[C@H](NP(=O)(c2ccccc2)c2ccccc2)c2ccccc2)cc1. The van der Waals surface area contributed by atoms with Crippen LogP contribution in [0.15, 0.2) is 169 Å². The van der Waals surface area contributed by atoms with E-state index in [0.29, 0.717) is 0 Å². The summed E-state index contributed by atoms with van der Waals surface area (Å²) in [6.07, 6.45) is 0. The minimum Gasteiger partial charge on any atom is -0.297 e. The molecule has 0 aromatic heterocycles. The van der Waals surface area contributed by atoms with Crippen LogP contribution < -0.4 is 15.7 Å². The largest absolute Gasteiger partial charge is 0.297 e. The average molecular weight is 589 g/mol. The summed E-state index contributed by atoms with van der Waals surface area (Å²) in [5.74, 6) is 0. The first kappa shape index (κ1) is 28.0. The molecular formula is C40H33N2OP. The Morgan fingerprint density at radius 2 is 0.932 bits per heavy atom. The highest BCUT2D eigenvalue weighted by Gasteiger charge is 2.36. The van der Waals surface area contributed by atoms with Gasteiger partial charge in [-0.05, 0) is 53.4 Å². The normalized spacial score (nSPS) is 13.5. The minimum atomic E-state index is -3.33. The maximum Gasteiger partial charge on any atom is 0.205 e. The van der Waals surface area contributed by atoms with Crippen molar-refractivity contribution in [3.63, 3.8) is 0 Å². The zero-order valence-electron chi connectivity index (χ0n) is 24.5. The lowest BCUT2D eigenvalue weighted by molar-refractivity contribution is 0.513. The Bertz CT molecular complexity index is 1880. The van der Waals surface area contributed by atoms with Crippen LogP contribution in [0, 0.1) is 6.92 Å². The second-order valence-electron chi connectivity index (χ2n) is 11.2. The quantitative estimate of drug-likeness (QED) is 0.180. The first-order chi connectivity index (χ1) is 21.6. The molecule has 1 N–H and O–H groups in total. The Labute approximate surface area is 259 Å². The van der Waals surface area contributed by atoms with Gasteiger partial charge in [-0.2, -0.15) is 0 Å².